The summed E-state index contributed by atoms with van der Waals surface area (Å²) in [6.07, 6.45) is 7.71. The van der Waals surface area contributed by atoms with Crippen LogP contribution in [0.1, 0.15) is 43.9 Å². The summed E-state index contributed by atoms with van der Waals surface area (Å²) in [4.78, 5) is 7.02. The summed E-state index contributed by atoms with van der Waals surface area (Å²) in [6.45, 7) is 4.29. The van der Waals surface area contributed by atoms with Crippen molar-refractivity contribution in [1.29, 1.82) is 0 Å². The molecule has 0 saturated carbocycles. The molecule has 1 aromatic heterocycles. The van der Waals surface area contributed by atoms with Crippen LogP contribution in [0, 0.1) is 5.92 Å². The van der Waals surface area contributed by atoms with Crippen molar-refractivity contribution in [3.8, 4) is 0 Å². The molecule has 0 radical (unpaired) electrons. The average molecular weight is 275 g/mol. The van der Waals surface area contributed by atoms with E-state index < -0.39 is 0 Å². The van der Waals surface area contributed by atoms with E-state index in [2.05, 4.69) is 43.4 Å². The number of likely N-dealkylation sites (N-methyl/N-ethyl adjacent to an activating group) is 1. The third-order valence-electron chi connectivity index (χ3n) is 4.17. The Kier molecular flexibility index (Phi) is 5.84. The van der Waals surface area contributed by atoms with Crippen LogP contribution in [0.5, 0.6) is 0 Å². The monoisotopic (exact) mass is 275 g/mol. The standard InChI is InChI=1S/C17H29N3/c1-4-6-14-7-5-8-16-15(13-14)9-10-17(19-16)18-11-12-20(2)3/h9-10,14H,4-8,11-13H2,1-3H3,(H,18,19). The van der Waals surface area contributed by atoms with Crippen LogP contribution in [0.2, 0.25) is 0 Å². The molecule has 0 saturated heterocycles. The highest BCUT2D eigenvalue weighted by Gasteiger charge is 2.17. The third-order valence-corrected chi connectivity index (χ3v) is 4.17. The predicted molar refractivity (Wildman–Crippen MR) is 86.3 cm³/mol. The number of rotatable bonds is 6. The summed E-state index contributed by atoms with van der Waals surface area (Å²) in [5.74, 6) is 1.91. The molecule has 0 bridgehead atoms. The summed E-state index contributed by atoms with van der Waals surface area (Å²) in [6, 6.07) is 4.46. The van der Waals surface area contributed by atoms with Crippen molar-refractivity contribution in [2.75, 3.05) is 32.5 Å². The van der Waals surface area contributed by atoms with Crippen molar-refractivity contribution in [3.63, 3.8) is 0 Å². The molecule has 1 aromatic rings. The zero-order valence-corrected chi connectivity index (χ0v) is 13.3. The van der Waals surface area contributed by atoms with E-state index in [9.17, 15) is 0 Å². The van der Waals surface area contributed by atoms with Crippen LogP contribution in [0.25, 0.3) is 0 Å². The van der Waals surface area contributed by atoms with E-state index in [0.717, 1.165) is 31.2 Å². The van der Waals surface area contributed by atoms with E-state index >= 15 is 0 Å². The van der Waals surface area contributed by atoms with Gasteiger partial charge in [-0.1, -0.05) is 25.8 Å². The first-order valence-corrected chi connectivity index (χ1v) is 8.06. The molecule has 1 aliphatic carbocycles. The van der Waals surface area contributed by atoms with Gasteiger partial charge in [0.25, 0.3) is 0 Å². The molecule has 0 fully saturated rings. The van der Waals surface area contributed by atoms with Crippen molar-refractivity contribution >= 4 is 5.82 Å². The number of nitrogens with one attached hydrogen (secondary N) is 1. The molecular weight excluding hydrogens is 246 g/mol. The van der Waals surface area contributed by atoms with Gasteiger partial charge in [0.05, 0.1) is 0 Å². The lowest BCUT2D eigenvalue weighted by Gasteiger charge is -2.14. The normalized spacial score (nSPS) is 18.7. The molecule has 1 atom stereocenters. The molecule has 0 spiro atoms. The molecule has 0 amide bonds. The van der Waals surface area contributed by atoms with Crippen LogP contribution in [0.3, 0.4) is 0 Å². The summed E-state index contributed by atoms with van der Waals surface area (Å²) in [5.41, 5.74) is 2.82. The Morgan fingerprint density at radius 2 is 2.20 bits per heavy atom. The highest BCUT2D eigenvalue weighted by molar-refractivity contribution is 5.39. The molecule has 0 aliphatic heterocycles. The first-order chi connectivity index (χ1) is 9.69. The average Bonchev–Trinajstić information content (AvgIpc) is 2.60. The maximum Gasteiger partial charge on any atom is 0.126 e. The summed E-state index contributed by atoms with van der Waals surface area (Å²) in [7, 11) is 4.19. The Morgan fingerprint density at radius 1 is 1.35 bits per heavy atom. The van der Waals surface area contributed by atoms with Gasteiger partial charge < -0.3 is 10.2 Å². The second-order valence-corrected chi connectivity index (χ2v) is 6.28. The number of aryl methyl sites for hydroxylation is 1. The van der Waals surface area contributed by atoms with Crippen LogP contribution < -0.4 is 5.32 Å². The number of hydrogen-bond donors (Lipinski definition) is 1. The Labute approximate surface area is 123 Å². The quantitative estimate of drug-likeness (QED) is 0.807. The van der Waals surface area contributed by atoms with Gasteiger partial charge in [-0.15, -0.1) is 0 Å². The second kappa shape index (κ2) is 7.63. The van der Waals surface area contributed by atoms with Gasteiger partial charge in [-0.05, 0) is 57.3 Å². The van der Waals surface area contributed by atoms with Crippen molar-refractivity contribution in [3.05, 3.63) is 23.4 Å². The van der Waals surface area contributed by atoms with Crippen LogP contribution in [-0.2, 0) is 12.8 Å². The third kappa shape index (κ3) is 4.48. The lowest BCUT2D eigenvalue weighted by Crippen LogP contribution is -2.21. The fourth-order valence-electron chi connectivity index (χ4n) is 3.06. The highest BCUT2D eigenvalue weighted by Crippen LogP contribution is 2.27. The summed E-state index contributed by atoms with van der Waals surface area (Å²) >= 11 is 0. The Hall–Kier alpha value is -1.09. The van der Waals surface area contributed by atoms with Crippen LogP contribution in [-0.4, -0.2) is 37.1 Å². The van der Waals surface area contributed by atoms with Gasteiger partial charge in [-0.25, -0.2) is 4.98 Å². The number of pyridine rings is 1. The number of anilines is 1. The number of hydrogen-bond acceptors (Lipinski definition) is 3. The van der Waals surface area contributed by atoms with E-state index in [4.69, 9.17) is 4.98 Å². The van der Waals surface area contributed by atoms with Gasteiger partial charge >= 0.3 is 0 Å². The first-order valence-electron chi connectivity index (χ1n) is 8.06. The smallest absolute Gasteiger partial charge is 0.126 e. The molecule has 20 heavy (non-hydrogen) atoms. The maximum absolute atomic E-state index is 4.84. The topological polar surface area (TPSA) is 28.2 Å². The van der Waals surface area contributed by atoms with Crippen LogP contribution in [0.15, 0.2) is 12.1 Å². The van der Waals surface area contributed by atoms with Crippen molar-refractivity contribution in [2.45, 2.75) is 45.4 Å². The number of nitrogens with zero attached hydrogens (tertiary/aromatic N) is 2. The van der Waals surface area contributed by atoms with E-state index in [-0.39, 0.29) is 0 Å². The van der Waals surface area contributed by atoms with Crippen molar-refractivity contribution in [1.82, 2.24) is 9.88 Å². The molecule has 1 aliphatic rings. The van der Waals surface area contributed by atoms with Gasteiger partial charge in [-0.3, -0.25) is 0 Å². The molecule has 112 valence electrons. The molecule has 1 heterocycles. The summed E-state index contributed by atoms with van der Waals surface area (Å²) < 4.78 is 0. The molecule has 3 nitrogen and oxygen atoms in total. The fourth-order valence-corrected chi connectivity index (χ4v) is 3.06. The SMILES string of the molecule is CCCC1CCCc2nc(NCCN(C)C)ccc2C1. The lowest BCUT2D eigenvalue weighted by atomic mass is 9.93. The van der Waals surface area contributed by atoms with E-state index in [1.165, 1.54) is 43.4 Å². The summed E-state index contributed by atoms with van der Waals surface area (Å²) in [5, 5.41) is 3.43. The Balaban J connectivity index is 1.98. The van der Waals surface area contributed by atoms with E-state index in [0.29, 0.717) is 0 Å². The van der Waals surface area contributed by atoms with Crippen LogP contribution in [0.4, 0.5) is 5.82 Å². The maximum atomic E-state index is 4.84. The molecule has 1 N–H and O–H groups in total. The minimum Gasteiger partial charge on any atom is -0.369 e. The predicted octanol–water partition coefficient (Wildman–Crippen LogP) is 3.35. The Bertz CT molecular complexity index is 415. The molecule has 0 aromatic carbocycles. The largest absolute Gasteiger partial charge is 0.369 e. The second-order valence-electron chi connectivity index (χ2n) is 6.28. The van der Waals surface area contributed by atoms with Gasteiger partial charge in [0.1, 0.15) is 5.82 Å². The minimum atomic E-state index is 0.871. The zero-order valence-electron chi connectivity index (χ0n) is 13.3. The number of aromatic nitrogens is 1. The molecule has 1 unspecified atom stereocenters. The van der Waals surface area contributed by atoms with Gasteiger partial charge in [0.15, 0.2) is 0 Å². The minimum absolute atomic E-state index is 0.871. The Morgan fingerprint density at radius 3 is 2.95 bits per heavy atom. The van der Waals surface area contributed by atoms with Gasteiger partial charge in [0, 0.05) is 18.8 Å². The highest BCUT2D eigenvalue weighted by atomic mass is 15.1. The molecule has 3 heteroatoms. The number of fused-ring (bicyclic) bond motifs is 1. The molecule has 2 rings (SSSR count). The van der Waals surface area contributed by atoms with Crippen LogP contribution >= 0.6 is 0 Å². The van der Waals surface area contributed by atoms with E-state index in [1.807, 2.05) is 0 Å². The van der Waals surface area contributed by atoms with Gasteiger partial charge in [-0.2, -0.15) is 0 Å². The fraction of sp³-hybridized carbons (Fsp3) is 0.706. The van der Waals surface area contributed by atoms with Crippen molar-refractivity contribution < 1.29 is 0 Å². The lowest BCUT2D eigenvalue weighted by molar-refractivity contribution is 0.425. The first kappa shape index (κ1) is 15.3. The van der Waals surface area contributed by atoms with Crippen molar-refractivity contribution in [2.24, 2.45) is 5.92 Å². The zero-order chi connectivity index (χ0) is 14.4. The van der Waals surface area contributed by atoms with Gasteiger partial charge in [0.2, 0.25) is 0 Å². The van der Waals surface area contributed by atoms with E-state index in [1.54, 1.807) is 0 Å². The molecular formula is C17H29N3.